The number of Topliss-reactive ketones (excluding diaryl/α,β-unsaturated/α-hetero) is 2. The van der Waals surface area contributed by atoms with E-state index in [1.165, 1.54) is 19.3 Å². The highest BCUT2D eigenvalue weighted by Crippen LogP contribution is 2.65. The first-order chi connectivity index (χ1) is 11.9. The van der Waals surface area contributed by atoms with Gasteiger partial charge in [0.15, 0.2) is 0 Å². The second-order valence-electron chi connectivity index (χ2n) is 8.82. The lowest BCUT2D eigenvalue weighted by Gasteiger charge is -2.59. The number of aliphatic hydroxyl groups is 1. The monoisotopic (exact) mass is 350 g/mol. The minimum atomic E-state index is -0.00511. The van der Waals surface area contributed by atoms with Gasteiger partial charge in [-0.2, -0.15) is 0 Å². The smallest absolute Gasteiger partial charge is 0.139 e. The average molecular weight is 351 g/mol. The Kier molecular flexibility index (Phi) is 6.51. The van der Waals surface area contributed by atoms with Gasteiger partial charge in [0, 0.05) is 31.8 Å². The SMILES string of the molecule is CC.CO.C[C@]12CCC(=O)CC1CCC1C2CC[C@]2(C)C(=O)CCC12. The molecular weight excluding hydrogens is 312 g/mol. The number of rotatable bonds is 0. The van der Waals surface area contributed by atoms with Crippen LogP contribution in [-0.4, -0.2) is 23.8 Å². The molecule has 4 unspecified atom stereocenters. The van der Waals surface area contributed by atoms with Gasteiger partial charge in [-0.15, -0.1) is 0 Å². The minimum Gasteiger partial charge on any atom is -0.400 e. The number of carbonyl (C=O) groups excluding carboxylic acids is 2. The van der Waals surface area contributed by atoms with Crippen molar-refractivity contribution < 1.29 is 14.7 Å². The summed E-state index contributed by atoms with van der Waals surface area (Å²) in [7, 11) is 1.00. The molecule has 1 N–H and O–H groups in total. The maximum atomic E-state index is 12.4. The van der Waals surface area contributed by atoms with E-state index in [4.69, 9.17) is 5.11 Å². The van der Waals surface area contributed by atoms with Crippen molar-refractivity contribution in [3.8, 4) is 0 Å². The summed E-state index contributed by atoms with van der Waals surface area (Å²) in [5, 5.41) is 7.00. The molecule has 25 heavy (non-hydrogen) atoms. The third-order valence-corrected chi connectivity index (χ3v) is 8.19. The summed E-state index contributed by atoms with van der Waals surface area (Å²) in [4.78, 5) is 24.2. The maximum absolute atomic E-state index is 12.4. The zero-order valence-corrected chi connectivity index (χ0v) is 16.9. The van der Waals surface area contributed by atoms with E-state index in [-0.39, 0.29) is 5.41 Å². The quantitative estimate of drug-likeness (QED) is 0.682. The van der Waals surface area contributed by atoms with Gasteiger partial charge in [0.2, 0.25) is 0 Å². The number of hydrogen-bond acceptors (Lipinski definition) is 3. The Hall–Kier alpha value is -0.700. The molecule has 144 valence electrons. The molecule has 0 aromatic heterocycles. The van der Waals surface area contributed by atoms with Gasteiger partial charge in [-0.25, -0.2) is 0 Å². The molecule has 4 aliphatic carbocycles. The fourth-order valence-electron chi connectivity index (χ4n) is 6.82. The molecule has 0 saturated heterocycles. The summed E-state index contributed by atoms with van der Waals surface area (Å²) in [5.41, 5.74) is 0.374. The molecule has 4 rings (SSSR count). The topological polar surface area (TPSA) is 54.4 Å². The van der Waals surface area contributed by atoms with Crippen molar-refractivity contribution in [1.82, 2.24) is 0 Å². The van der Waals surface area contributed by atoms with Crippen molar-refractivity contribution in [2.75, 3.05) is 7.11 Å². The number of hydrogen-bond donors (Lipinski definition) is 1. The lowest BCUT2D eigenvalue weighted by molar-refractivity contribution is -0.144. The normalized spacial score (nSPS) is 45.0. The average Bonchev–Trinajstić information content (AvgIpc) is 2.94. The van der Waals surface area contributed by atoms with Crippen LogP contribution in [0.15, 0.2) is 0 Å². The predicted molar refractivity (Wildman–Crippen MR) is 101 cm³/mol. The Labute approximate surface area is 154 Å². The van der Waals surface area contributed by atoms with E-state index in [1.807, 2.05) is 13.8 Å². The van der Waals surface area contributed by atoms with Gasteiger partial charge in [0.05, 0.1) is 0 Å². The summed E-state index contributed by atoms with van der Waals surface area (Å²) in [5.74, 6) is 3.82. The van der Waals surface area contributed by atoms with Gasteiger partial charge in [0.1, 0.15) is 11.6 Å². The van der Waals surface area contributed by atoms with Gasteiger partial charge in [-0.3, -0.25) is 9.59 Å². The molecule has 0 aromatic carbocycles. The second-order valence-corrected chi connectivity index (χ2v) is 8.82. The number of carbonyl (C=O) groups is 2. The van der Waals surface area contributed by atoms with Crippen LogP contribution >= 0.6 is 0 Å². The molecule has 0 heterocycles. The number of aliphatic hydroxyl groups excluding tert-OH is 1. The molecule has 6 atom stereocenters. The van der Waals surface area contributed by atoms with Crippen LogP contribution in [0.3, 0.4) is 0 Å². The Balaban J connectivity index is 0.000000528. The molecule has 0 bridgehead atoms. The highest BCUT2D eigenvalue weighted by atomic mass is 16.2. The van der Waals surface area contributed by atoms with Gasteiger partial charge >= 0.3 is 0 Å². The zero-order valence-electron chi connectivity index (χ0n) is 16.9. The van der Waals surface area contributed by atoms with E-state index in [2.05, 4.69) is 13.8 Å². The standard InChI is InChI=1S/C19H28O2.C2H6.CH4O/c1-18-9-7-13(20)11-12(18)3-4-14-15-5-6-17(21)19(15,2)10-8-16(14)18;2*1-2/h12,14-16H,3-11H2,1-2H3;1-2H3;2H,1H3/t12?,14?,15?,16?,18-,19-;;/m0../s1. The second kappa shape index (κ2) is 7.90. The van der Waals surface area contributed by atoms with E-state index in [0.717, 1.165) is 57.5 Å². The third-order valence-electron chi connectivity index (χ3n) is 8.19. The Morgan fingerprint density at radius 1 is 0.880 bits per heavy atom. The zero-order chi connectivity index (χ0) is 18.8. The van der Waals surface area contributed by atoms with E-state index >= 15 is 0 Å². The minimum absolute atomic E-state index is 0.00511. The molecule has 0 amide bonds. The lowest BCUT2D eigenvalue weighted by atomic mass is 9.45. The Morgan fingerprint density at radius 2 is 1.56 bits per heavy atom. The van der Waals surface area contributed by atoms with Crippen LogP contribution in [-0.2, 0) is 9.59 Å². The first kappa shape index (κ1) is 20.6. The molecule has 0 aromatic rings. The van der Waals surface area contributed by atoms with E-state index in [1.54, 1.807) is 0 Å². The Morgan fingerprint density at radius 3 is 2.24 bits per heavy atom. The summed E-state index contributed by atoms with van der Waals surface area (Å²) >= 11 is 0. The molecule has 3 heteroatoms. The molecule has 0 radical (unpaired) electrons. The van der Waals surface area contributed by atoms with Crippen LogP contribution < -0.4 is 0 Å². The number of fused-ring (bicyclic) bond motifs is 5. The molecule has 4 aliphatic rings. The van der Waals surface area contributed by atoms with Crippen LogP contribution in [0.25, 0.3) is 0 Å². The van der Waals surface area contributed by atoms with Crippen molar-refractivity contribution in [3.63, 3.8) is 0 Å². The summed E-state index contributed by atoms with van der Waals surface area (Å²) in [6, 6.07) is 0. The predicted octanol–water partition coefficient (Wildman–Crippen LogP) is 4.80. The van der Waals surface area contributed by atoms with Gasteiger partial charge in [-0.05, 0) is 67.6 Å². The molecule has 0 aliphatic heterocycles. The molecule has 4 fully saturated rings. The first-order valence-corrected chi connectivity index (χ1v) is 10.4. The summed E-state index contributed by atoms with van der Waals surface area (Å²) < 4.78 is 0. The van der Waals surface area contributed by atoms with E-state index in [0.29, 0.717) is 28.8 Å². The molecule has 4 saturated carbocycles. The lowest BCUT2D eigenvalue weighted by Crippen LogP contribution is -2.53. The van der Waals surface area contributed by atoms with Gasteiger partial charge < -0.3 is 5.11 Å². The van der Waals surface area contributed by atoms with Gasteiger partial charge in [-0.1, -0.05) is 27.7 Å². The fraction of sp³-hybridized carbons (Fsp3) is 0.909. The largest absolute Gasteiger partial charge is 0.400 e. The number of ketones is 2. The third kappa shape index (κ3) is 3.22. The molecular formula is C22H38O3. The summed E-state index contributed by atoms with van der Waals surface area (Å²) in [6.45, 7) is 8.72. The maximum Gasteiger partial charge on any atom is 0.139 e. The van der Waals surface area contributed by atoms with Crippen molar-refractivity contribution in [1.29, 1.82) is 0 Å². The fourth-order valence-corrected chi connectivity index (χ4v) is 6.82. The Bertz CT molecular complexity index is 500. The van der Waals surface area contributed by atoms with Crippen molar-refractivity contribution >= 4 is 11.6 Å². The first-order valence-electron chi connectivity index (χ1n) is 10.4. The molecule has 3 nitrogen and oxygen atoms in total. The van der Waals surface area contributed by atoms with Crippen LogP contribution in [0.2, 0.25) is 0 Å². The van der Waals surface area contributed by atoms with Crippen LogP contribution in [0, 0.1) is 34.5 Å². The van der Waals surface area contributed by atoms with E-state index in [9.17, 15) is 9.59 Å². The highest BCUT2D eigenvalue weighted by Gasteiger charge is 2.60. The van der Waals surface area contributed by atoms with Crippen molar-refractivity contribution in [3.05, 3.63) is 0 Å². The summed E-state index contributed by atoms with van der Waals surface area (Å²) in [6.07, 6.45) is 9.53. The van der Waals surface area contributed by atoms with Crippen LogP contribution in [0.5, 0.6) is 0 Å². The molecule has 0 spiro atoms. The van der Waals surface area contributed by atoms with Crippen molar-refractivity contribution in [2.24, 2.45) is 34.5 Å². The van der Waals surface area contributed by atoms with E-state index < -0.39 is 0 Å². The van der Waals surface area contributed by atoms with Crippen LogP contribution in [0.1, 0.15) is 85.5 Å². The van der Waals surface area contributed by atoms with Gasteiger partial charge in [0.25, 0.3) is 0 Å². The van der Waals surface area contributed by atoms with Crippen molar-refractivity contribution in [2.45, 2.75) is 85.5 Å². The van der Waals surface area contributed by atoms with Crippen LogP contribution in [0.4, 0.5) is 0 Å². The highest BCUT2D eigenvalue weighted by molar-refractivity contribution is 5.87.